The van der Waals surface area contributed by atoms with Crippen LogP contribution in [-0.4, -0.2) is 22.3 Å². The summed E-state index contributed by atoms with van der Waals surface area (Å²) in [5.74, 6) is 1.64. The van der Waals surface area contributed by atoms with Gasteiger partial charge >= 0.3 is 0 Å². The predicted molar refractivity (Wildman–Crippen MR) is 95.8 cm³/mol. The van der Waals surface area contributed by atoms with Gasteiger partial charge in [-0.15, -0.1) is 5.10 Å². The lowest BCUT2D eigenvalue weighted by Gasteiger charge is -2.09. The number of halogens is 2. The van der Waals surface area contributed by atoms with Crippen molar-refractivity contribution >= 4 is 46.3 Å². The van der Waals surface area contributed by atoms with Gasteiger partial charge in [-0.2, -0.15) is 10.1 Å². The third kappa shape index (κ3) is 4.04. The molecule has 6 nitrogen and oxygen atoms in total. The summed E-state index contributed by atoms with van der Waals surface area (Å²) in [6.45, 7) is 0. The van der Waals surface area contributed by atoms with Crippen LogP contribution in [0, 0.1) is 0 Å². The van der Waals surface area contributed by atoms with Gasteiger partial charge in [-0.25, -0.2) is 0 Å². The van der Waals surface area contributed by atoms with E-state index in [2.05, 4.69) is 25.8 Å². The number of anilines is 4. The number of hydrogen-bond donors (Lipinski definition) is 2. The molecular formula is C16H13Cl2N5O. The van der Waals surface area contributed by atoms with Crippen molar-refractivity contribution in [3.05, 3.63) is 58.7 Å². The number of methoxy groups -OCH3 is 1. The minimum atomic E-state index is 0.317. The van der Waals surface area contributed by atoms with E-state index in [0.29, 0.717) is 27.5 Å². The van der Waals surface area contributed by atoms with Crippen LogP contribution in [0.1, 0.15) is 0 Å². The topological polar surface area (TPSA) is 72.0 Å². The largest absolute Gasteiger partial charge is 0.497 e. The summed E-state index contributed by atoms with van der Waals surface area (Å²) in [5, 5.41) is 15.0. The zero-order valence-electron chi connectivity index (χ0n) is 12.6. The molecule has 2 aromatic carbocycles. The monoisotopic (exact) mass is 361 g/mol. The van der Waals surface area contributed by atoms with Crippen LogP contribution in [0.25, 0.3) is 0 Å². The molecule has 0 atom stereocenters. The van der Waals surface area contributed by atoms with Crippen molar-refractivity contribution < 1.29 is 4.74 Å². The van der Waals surface area contributed by atoms with E-state index in [1.807, 2.05) is 24.3 Å². The molecule has 0 fully saturated rings. The first-order chi connectivity index (χ1) is 11.6. The van der Waals surface area contributed by atoms with Crippen molar-refractivity contribution in [1.82, 2.24) is 15.2 Å². The number of ether oxygens (including phenoxy) is 1. The number of benzene rings is 2. The molecular weight excluding hydrogens is 349 g/mol. The molecule has 0 unspecified atom stereocenters. The lowest BCUT2D eigenvalue weighted by Crippen LogP contribution is -2.02. The Morgan fingerprint density at radius 2 is 1.79 bits per heavy atom. The van der Waals surface area contributed by atoms with Crippen LogP contribution in [0.2, 0.25) is 10.0 Å². The average Bonchev–Trinajstić information content (AvgIpc) is 2.58. The van der Waals surface area contributed by atoms with Gasteiger partial charge in [0.15, 0.2) is 5.82 Å². The normalized spacial score (nSPS) is 10.3. The summed E-state index contributed by atoms with van der Waals surface area (Å²) >= 11 is 12.0. The molecule has 0 radical (unpaired) electrons. The number of hydrogen-bond acceptors (Lipinski definition) is 6. The summed E-state index contributed by atoms with van der Waals surface area (Å²) in [7, 11) is 1.62. The van der Waals surface area contributed by atoms with Crippen molar-refractivity contribution in [2.45, 2.75) is 0 Å². The molecule has 0 saturated carbocycles. The standard InChI is InChI=1S/C16H13Cl2N5O/c1-24-12-5-3-11(4-6-12)20-15-9-19-23-16(22-15)21-14-7-2-10(17)8-13(14)18/h2-9H,1H3,(H2,20,21,22,23). The first kappa shape index (κ1) is 16.3. The van der Waals surface area contributed by atoms with E-state index < -0.39 is 0 Å². The third-order valence-corrected chi connectivity index (χ3v) is 3.65. The van der Waals surface area contributed by atoms with Gasteiger partial charge in [-0.1, -0.05) is 23.2 Å². The molecule has 1 aromatic heterocycles. The van der Waals surface area contributed by atoms with Gasteiger partial charge in [-0.05, 0) is 42.5 Å². The highest BCUT2D eigenvalue weighted by atomic mass is 35.5. The number of nitrogens with zero attached hydrogens (tertiary/aromatic N) is 3. The Balaban J connectivity index is 1.75. The fourth-order valence-electron chi connectivity index (χ4n) is 1.95. The first-order valence-electron chi connectivity index (χ1n) is 6.97. The van der Waals surface area contributed by atoms with E-state index in [4.69, 9.17) is 27.9 Å². The van der Waals surface area contributed by atoms with Crippen LogP contribution in [0.5, 0.6) is 5.75 Å². The van der Waals surface area contributed by atoms with E-state index >= 15 is 0 Å². The van der Waals surface area contributed by atoms with Crippen molar-refractivity contribution in [2.75, 3.05) is 17.7 Å². The van der Waals surface area contributed by atoms with Crippen LogP contribution in [0.15, 0.2) is 48.7 Å². The predicted octanol–water partition coefficient (Wildman–Crippen LogP) is 4.67. The molecule has 8 heteroatoms. The molecule has 0 aliphatic rings. The molecule has 24 heavy (non-hydrogen) atoms. The fourth-order valence-corrected chi connectivity index (χ4v) is 2.41. The minimum absolute atomic E-state index is 0.317. The maximum absolute atomic E-state index is 6.13. The summed E-state index contributed by atoms with van der Waals surface area (Å²) < 4.78 is 5.13. The van der Waals surface area contributed by atoms with E-state index in [-0.39, 0.29) is 0 Å². The second kappa shape index (κ2) is 7.33. The van der Waals surface area contributed by atoms with Gasteiger partial charge in [0.25, 0.3) is 0 Å². The highest BCUT2D eigenvalue weighted by molar-refractivity contribution is 6.36. The molecule has 122 valence electrons. The van der Waals surface area contributed by atoms with Crippen molar-refractivity contribution in [3.8, 4) is 5.75 Å². The Morgan fingerprint density at radius 1 is 1.00 bits per heavy atom. The van der Waals surface area contributed by atoms with Crippen LogP contribution >= 0.6 is 23.2 Å². The van der Waals surface area contributed by atoms with Crippen molar-refractivity contribution in [2.24, 2.45) is 0 Å². The molecule has 3 aromatic rings. The molecule has 0 amide bonds. The molecule has 0 bridgehead atoms. The Bertz CT molecular complexity index is 842. The van der Waals surface area contributed by atoms with Crippen LogP contribution < -0.4 is 15.4 Å². The Hall–Kier alpha value is -2.57. The lowest BCUT2D eigenvalue weighted by molar-refractivity contribution is 0.415. The highest BCUT2D eigenvalue weighted by Crippen LogP contribution is 2.27. The second-order valence-corrected chi connectivity index (χ2v) is 5.61. The third-order valence-electron chi connectivity index (χ3n) is 3.10. The quantitative estimate of drug-likeness (QED) is 0.687. The Morgan fingerprint density at radius 3 is 2.50 bits per heavy atom. The number of rotatable bonds is 5. The summed E-state index contributed by atoms with van der Waals surface area (Å²) in [5.41, 5.74) is 1.50. The SMILES string of the molecule is COc1ccc(Nc2cnnc(Nc3ccc(Cl)cc3Cl)n2)cc1. The summed E-state index contributed by atoms with van der Waals surface area (Å²) in [4.78, 5) is 4.35. The molecule has 2 N–H and O–H groups in total. The molecule has 0 aliphatic carbocycles. The average molecular weight is 362 g/mol. The van der Waals surface area contributed by atoms with Crippen molar-refractivity contribution in [1.29, 1.82) is 0 Å². The van der Waals surface area contributed by atoms with Gasteiger partial charge < -0.3 is 15.4 Å². The van der Waals surface area contributed by atoms with Crippen LogP contribution in [-0.2, 0) is 0 Å². The smallest absolute Gasteiger partial charge is 0.249 e. The minimum Gasteiger partial charge on any atom is -0.497 e. The van der Waals surface area contributed by atoms with Gasteiger partial charge in [0, 0.05) is 10.7 Å². The Labute approximate surface area is 148 Å². The van der Waals surface area contributed by atoms with Crippen LogP contribution in [0.3, 0.4) is 0 Å². The zero-order valence-corrected chi connectivity index (χ0v) is 14.1. The van der Waals surface area contributed by atoms with Gasteiger partial charge in [0.1, 0.15) is 5.75 Å². The van der Waals surface area contributed by atoms with Gasteiger partial charge in [-0.3, -0.25) is 0 Å². The van der Waals surface area contributed by atoms with Crippen LogP contribution in [0.4, 0.5) is 23.1 Å². The van der Waals surface area contributed by atoms with Gasteiger partial charge in [0.2, 0.25) is 5.95 Å². The Kier molecular flexibility index (Phi) is 4.98. The molecule has 0 spiro atoms. The van der Waals surface area contributed by atoms with E-state index in [9.17, 15) is 0 Å². The number of nitrogens with one attached hydrogen (secondary N) is 2. The molecule has 1 heterocycles. The van der Waals surface area contributed by atoms with Gasteiger partial charge in [0.05, 0.1) is 24.0 Å². The molecule has 3 rings (SSSR count). The van der Waals surface area contributed by atoms with E-state index in [1.165, 1.54) is 6.20 Å². The molecule has 0 aliphatic heterocycles. The fraction of sp³-hybridized carbons (Fsp3) is 0.0625. The zero-order chi connectivity index (χ0) is 16.9. The number of aromatic nitrogens is 3. The first-order valence-corrected chi connectivity index (χ1v) is 7.72. The summed E-state index contributed by atoms with van der Waals surface area (Å²) in [6, 6.07) is 12.6. The maximum atomic E-state index is 6.13. The highest BCUT2D eigenvalue weighted by Gasteiger charge is 2.06. The van der Waals surface area contributed by atoms with E-state index in [1.54, 1.807) is 25.3 Å². The van der Waals surface area contributed by atoms with Crippen molar-refractivity contribution in [3.63, 3.8) is 0 Å². The maximum Gasteiger partial charge on any atom is 0.249 e. The summed E-state index contributed by atoms with van der Waals surface area (Å²) in [6.07, 6.45) is 1.53. The molecule has 0 saturated heterocycles. The second-order valence-electron chi connectivity index (χ2n) is 4.77. The van der Waals surface area contributed by atoms with E-state index in [0.717, 1.165) is 11.4 Å². The lowest BCUT2D eigenvalue weighted by atomic mass is 10.3.